The largest absolute Gasteiger partial charge is 0.497 e. The molecule has 0 spiro atoms. The second-order valence-corrected chi connectivity index (χ2v) is 7.68. The highest BCUT2D eigenvalue weighted by Gasteiger charge is 2.21. The Hall–Kier alpha value is -2.86. The molecule has 5 nitrogen and oxygen atoms in total. The number of methoxy groups -OCH3 is 2. The lowest BCUT2D eigenvalue weighted by molar-refractivity contribution is 0.392. The van der Waals surface area contributed by atoms with Gasteiger partial charge in [0.2, 0.25) is 0 Å². The van der Waals surface area contributed by atoms with E-state index in [1.807, 2.05) is 36.4 Å². The molecule has 0 unspecified atom stereocenters. The molecule has 0 radical (unpaired) electrons. The summed E-state index contributed by atoms with van der Waals surface area (Å²) in [7, 11) is -0.698. The van der Waals surface area contributed by atoms with Crippen LogP contribution < -0.4 is 9.47 Å². The summed E-state index contributed by atoms with van der Waals surface area (Å²) < 4.78 is 36.2. The normalized spacial score (nSPS) is 11.2. The number of aromatic nitrogens is 1. The number of ether oxygens (including phenoxy) is 2. The highest BCUT2D eigenvalue weighted by atomic mass is 32.2. The lowest BCUT2D eigenvalue weighted by atomic mass is 10.1. The molecule has 6 heteroatoms. The Kier molecular flexibility index (Phi) is 5.23. The first-order chi connectivity index (χ1) is 12.5. The highest BCUT2D eigenvalue weighted by Crippen LogP contribution is 2.31. The van der Waals surface area contributed by atoms with E-state index in [4.69, 9.17) is 9.47 Å². The summed E-state index contributed by atoms with van der Waals surface area (Å²) in [4.78, 5) is 4.30. The topological polar surface area (TPSA) is 65.5 Å². The molecule has 0 atom stereocenters. The number of pyridine rings is 1. The van der Waals surface area contributed by atoms with Gasteiger partial charge in [-0.05, 0) is 29.3 Å². The lowest BCUT2D eigenvalue weighted by Gasteiger charge is -2.12. The Balaban J connectivity index is 1.96. The van der Waals surface area contributed by atoms with Gasteiger partial charge in [0, 0.05) is 24.0 Å². The van der Waals surface area contributed by atoms with Crippen LogP contribution in [0.3, 0.4) is 0 Å². The molecule has 0 aliphatic heterocycles. The fourth-order valence-corrected chi connectivity index (χ4v) is 4.19. The summed E-state index contributed by atoms with van der Waals surface area (Å²) in [6, 6.07) is 16.3. The molecule has 0 saturated carbocycles. The number of hydrogen-bond acceptors (Lipinski definition) is 5. The molecular weight excluding hydrogens is 350 g/mol. The first kappa shape index (κ1) is 17.9. The predicted octanol–water partition coefficient (Wildman–Crippen LogP) is 3.74. The fourth-order valence-electron chi connectivity index (χ4n) is 2.68. The summed E-state index contributed by atoms with van der Waals surface area (Å²) in [6.07, 6.45) is 3.29. The van der Waals surface area contributed by atoms with Gasteiger partial charge in [0.1, 0.15) is 16.4 Å². The minimum atomic E-state index is -3.63. The number of hydrogen-bond donors (Lipinski definition) is 0. The van der Waals surface area contributed by atoms with Crippen molar-refractivity contribution in [1.82, 2.24) is 4.98 Å². The molecule has 0 saturated heterocycles. The third-order valence-electron chi connectivity index (χ3n) is 3.96. The maximum atomic E-state index is 12.9. The van der Waals surface area contributed by atoms with Gasteiger partial charge in [-0.1, -0.05) is 30.3 Å². The minimum Gasteiger partial charge on any atom is -0.497 e. The van der Waals surface area contributed by atoms with E-state index in [0.717, 1.165) is 11.1 Å². The zero-order valence-electron chi connectivity index (χ0n) is 14.5. The Morgan fingerprint density at radius 2 is 1.65 bits per heavy atom. The van der Waals surface area contributed by atoms with E-state index in [1.54, 1.807) is 24.5 Å². The molecule has 0 aliphatic rings. The Morgan fingerprint density at radius 1 is 0.885 bits per heavy atom. The zero-order chi connectivity index (χ0) is 18.6. The molecule has 134 valence electrons. The van der Waals surface area contributed by atoms with E-state index in [1.165, 1.54) is 20.3 Å². The van der Waals surface area contributed by atoms with Crippen LogP contribution in [0.2, 0.25) is 0 Å². The average Bonchev–Trinajstić information content (AvgIpc) is 2.68. The smallest absolute Gasteiger partial charge is 0.186 e. The van der Waals surface area contributed by atoms with Gasteiger partial charge in [0.25, 0.3) is 0 Å². The molecule has 0 amide bonds. The minimum absolute atomic E-state index is 0.101. The van der Waals surface area contributed by atoms with Crippen LogP contribution in [-0.2, 0) is 15.6 Å². The molecule has 0 aliphatic carbocycles. The molecule has 26 heavy (non-hydrogen) atoms. The predicted molar refractivity (Wildman–Crippen MR) is 100 cm³/mol. The number of rotatable bonds is 6. The van der Waals surface area contributed by atoms with Gasteiger partial charge in [0.05, 0.1) is 20.0 Å². The van der Waals surface area contributed by atoms with E-state index in [2.05, 4.69) is 4.98 Å². The van der Waals surface area contributed by atoms with Crippen LogP contribution in [0.5, 0.6) is 11.5 Å². The quantitative estimate of drug-likeness (QED) is 0.662. The molecule has 1 aromatic heterocycles. The van der Waals surface area contributed by atoms with Crippen LogP contribution in [-0.4, -0.2) is 27.6 Å². The Morgan fingerprint density at radius 3 is 2.35 bits per heavy atom. The highest BCUT2D eigenvalue weighted by molar-refractivity contribution is 7.90. The van der Waals surface area contributed by atoms with Crippen LogP contribution in [0.1, 0.15) is 5.56 Å². The third-order valence-corrected chi connectivity index (χ3v) is 5.67. The lowest BCUT2D eigenvalue weighted by Crippen LogP contribution is -2.07. The van der Waals surface area contributed by atoms with Crippen LogP contribution in [0.4, 0.5) is 0 Å². The van der Waals surface area contributed by atoms with Crippen molar-refractivity contribution in [2.24, 2.45) is 0 Å². The Labute approximate surface area is 153 Å². The van der Waals surface area contributed by atoms with Crippen molar-refractivity contribution in [2.45, 2.75) is 10.6 Å². The second kappa shape index (κ2) is 7.58. The van der Waals surface area contributed by atoms with E-state index >= 15 is 0 Å². The van der Waals surface area contributed by atoms with Crippen molar-refractivity contribution in [2.75, 3.05) is 14.2 Å². The Bertz CT molecular complexity index is 1000. The maximum Gasteiger partial charge on any atom is 0.186 e. The zero-order valence-corrected chi connectivity index (χ0v) is 15.4. The summed E-state index contributed by atoms with van der Waals surface area (Å²) in [5.41, 5.74) is 2.46. The van der Waals surface area contributed by atoms with E-state index in [-0.39, 0.29) is 16.4 Å². The fraction of sp³-hybridized carbons (Fsp3) is 0.150. The molecule has 1 heterocycles. The molecule has 3 rings (SSSR count). The van der Waals surface area contributed by atoms with Gasteiger partial charge in [-0.15, -0.1) is 0 Å². The molecule has 0 N–H and O–H groups in total. The van der Waals surface area contributed by atoms with Crippen molar-refractivity contribution in [1.29, 1.82) is 0 Å². The van der Waals surface area contributed by atoms with Gasteiger partial charge >= 0.3 is 0 Å². The van der Waals surface area contributed by atoms with Crippen molar-refractivity contribution < 1.29 is 17.9 Å². The first-order valence-corrected chi connectivity index (χ1v) is 9.63. The van der Waals surface area contributed by atoms with Gasteiger partial charge < -0.3 is 9.47 Å². The van der Waals surface area contributed by atoms with E-state index in [9.17, 15) is 8.42 Å². The molecule has 0 fully saturated rings. The monoisotopic (exact) mass is 369 g/mol. The van der Waals surface area contributed by atoms with Crippen molar-refractivity contribution in [3.63, 3.8) is 0 Å². The molecule has 2 aromatic carbocycles. The van der Waals surface area contributed by atoms with Crippen LogP contribution in [0, 0.1) is 0 Å². The van der Waals surface area contributed by atoms with Gasteiger partial charge in [0.15, 0.2) is 9.84 Å². The summed E-state index contributed by atoms with van der Waals surface area (Å²) >= 11 is 0. The van der Waals surface area contributed by atoms with Crippen molar-refractivity contribution >= 4 is 9.84 Å². The summed E-state index contributed by atoms with van der Waals surface area (Å²) in [5.74, 6) is 0.572. The van der Waals surface area contributed by atoms with Crippen molar-refractivity contribution in [3.05, 3.63) is 72.6 Å². The van der Waals surface area contributed by atoms with Gasteiger partial charge in [-0.3, -0.25) is 4.98 Å². The van der Waals surface area contributed by atoms with Gasteiger partial charge in [-0.25, -0.2) is 8.42 Å². The van der Waals surface area contributed by atoms with Crippen LogP contribution >= 0.6 is 0 Å². The van der Waals surface area contributed by atoms with Crippen LogP contribution in [0.25, 0.3) is 11.1 Å². The number of nitrogens with zero attached hydrogens (tertiary/aromatic N) is 1. The second-order valence-electron chi connectivity index (χ2n) is 5.72. The molecular formula is C20H19NO4S. The molecule has 3 aromatic rings. The van der Waals surface area contributed by atoms with E-state index in [0.29, 0.717) is 11.3 Å². The number of sulfone groups is 1. The standard InChI is InChI=1S/C20H19NO4S/c1-24-18-8-9-19(25-2)20(11-18)26(22,23)14-15-10-17(13-21-12-15)16-6-4-3-5-7-16/h3-13H,14H2,1-2H3. The summed E-state index contributed by atoms with van der Waals surface area (Å²) in [6.45, 7) is 0. The van der Waals surface area contributed by atoms with Crippen molar-refractivity contribution in [3.8, 4) is 22.6 Å². The molecule has 0 bridgehead atoms. The van der Waals surface area contributed by atoms with Gasteiger partial charge in [-0.2, -0.15) is 0 Å². The summed E-state index contributed by atoms with van der Waals surface area (Å²) in [5, 5.41) is 0. The van der Waals surface area contributed by atoms with Crippen LogP contribution in [0.15, 0.2) is 71.9 Å². The first-order valence-electron chi connectivity index (χ1n) is 7.97. The van der Waals surface area contributed by atoms with E-state index < -0.39 is 9.84 Å². The average molecular weight is 369 g/mol. The maximum absolute atomic E-state index is 12.9. The SMILES string of the molecule is COc1ccc(OC)c(S(=O)(=O)Cc2cncc(-c3ccccc3)c2)c1. The third kappa shape index (κ3) is 3.86. The number of benzene rings is 2.